The Bertz CT molecular complexity index is 427. The van der Waals surface area contributed by atoms with Gasteiger partial charge in [-0.3, -0.25) is 4.79 Å². The van der Waals surface area contributed by atoms with Crippen LogP contribution in [0.5, 0.6) is 0 Å². The molecule has 106 valence electrons. The Hall–Kier alpha value is -1.10. The predicted molar refractivity (Wildman–Crippen MR) is 77.0 cm³/mol. The molecule has 5 heteroatoms. The molecule has 19 heavy (non-hydrogen) atoms. The van der Waals surface area contributed by atoms with Crippen LogP contribution >= 0.6 is 12.4 Å². The number of halogens is 1. The number of amides is 1. The Morgan fingerprint density at radius 3 is 2.63 bits per heavy atom. The number of aliphatic hydroxyl groups excluding tert-OH is 1. The van der Waals surface area contributed by atoms with E-state index in [0.29, 0.717) is 25.2 Å². The van der Waals surface area contributed by atoms with Gasteiger partial charge in [-0.15, -0.1) is 12.4 Å². The van der Waals surface area contributed by atoms with Crippen molar-refractivity contribution in [3.63, 3.8) is 0 Å². The average Bonchev–Trinajstić information content (AvgIpc) is 2.81. The highest BCUT2D eigenvalue weighted by atomic mass is 35.5. The molecule has 1 saturated heterocycles. The highest BCUT2D eigenvalue weighted by Gasteiger charge is 2.36. The van der Waals surface area contributed by atoms with Crippen molar-refractivity contribution in [3.05, 3.63) is 35.9 Å². The molecule has 1 aromatic rings. The number of nitrogens with zero attached hydrogens (tertiary/aromatic N) is 1. The molecule has 1 fully saturated rings. The van der Waals surface area contributed by atoms with Crippen LogP contribution in [0.3, 0.4) is 0 Å². The molecule has 0 saturated carbocycles. The molecule has 2 rings (SSSR count). The Labute approximate surface area is 120 Å². The lowest BCUT2D eigenvalue weighted by Gasteiger charge is -2.24. The van der Waals surface area contributed by atoms with Gasteiger partial charge in [-0.1, -0.05) is 37.3 Å². The van der Waals surface area contributed by atoms with Crippen LogP contribution in [0, 0.1) is 5.41 Å². The van der Waals surface area contributed by atoms with Crippen LogP contribution in [0.25, 0.3) is 0 Å². The smallest absolute Gasteiger partial charge is 0.256 e. The minimum absolute atomic E-state index is 0. The molecule has 0 aromatic heterocycles. The van der Waals surface area contributed by atoms with Crippen molar-refractivity contribution < 1.29 is 9.90 Å². The number of hydrogen-bond acceptors (Lipinski definition) is 3. The summed E-state index contributed by atoms with van der Waals surface area (Å²) in [4.78, 5) is 13.9. The molecule has 1 heterocycles. The maximum Gasteiger partial charge on any atom is 0.256 e. The summed E-state index contributed by atoms with van der Waals surface area (Å²) in [6.45, 7) is 3.95. The number of carbonyl (C=O) groups excluding carboxylic acids is 1. The Balaban J connectivity index is 0.00000180. The van der Waals surface area contributed by atoms with Crippen molar-refractivity contribution in [2.45, 2.75) is 19.4 Å². The van der Waals surface area contributed by atoms with Crippen LogP contribution in [-0.2, 0) is 4.79 Å². The Morgan fingerprint density at radius 1 is 1.47 bits per heavy atom. The lowest BCUT2D eigenvalue weighted by molar-refractivity contribution is -0.139. The zero-order valence-electron chi connectivity index (χ0n) is 11.1. The van der Waals surface area contributed by atoms with Crippen molar-refractivity contribution in [3.8, 4) is 0 Å². The van der Waals surface area contributed by atoms with Gasteiger partial charge in [-0.25, -0.2) is 0 Å². The van der Waals surface area contributed by atoms with Crippen molar-refractivity contribution in [1.82, 2.24) is 4.90 Å². The van der Waals surface area contributed by atoms with Gasteiger partial charge < -0.3 is 15.7 Å². The second-order valence-electron chi connectivity index (χ2n) is 5.34. The second-order valence-corrected chi connectivity index (χ2v) is 5.34. The fourth-order valence-corrected chi connectivity index (χ4v) is 2.33. The summed E-state index contributed by atoms with van der Waals surface area (Å²) in [7, 11) is 0. The number of benzene rings is 1. The summed E-state index contributed by atoms with van der Waals surface area (Å²) in [5, 5.41) is 10.1. The fourth-order valence-electron chi connectivity index (χ4n) is 2.33. The maximum absolute atomic E-state index is 12.2. The molecule has 0 radical (unpaired) electrons. The van der Waals surface area contributed by atoms with Gasteiger partial charge in [-0.2, -0.15) is 0 Å². The van der Waals surface area contributed by atoms with Crippen molar-refractivity contribution >= 4 is 18.3 Å². The number of nitrogens with two attached hydrogens (primary N) is 1. The van der Waals surface area contributed by atoms with Gasteiger partial charge in [0.05, 0.1) is 0 Å². The predicted octanol–water partition coefficient (Wildman–Crippen LogP) is 1.34. The summed E-state index contributed by atoms with van der Waals surface area (Å²) < 4.78 is 0. The molecule has 1 aliphatic heterocycles. The van der Waals surface area contributed by atoms with E-state index in [4.69, 9.17) is 5.73 Å². The lowest BCUT2D eigenvalue weighted by atomic mass is 9.90. The summed E-state index contributed by atoms with van der Waals surface area (Å²) in [6.07, 6.45) is -0.164. The molecule has 4 nitrogen and oxygen atoms in total. The van der Waals surface area contributed by atoms with E-state index in [1.165, 1.54) is 0 Å². The van der Waals surface area contributed by atoms with Crippen molar-refractivity contribution in [2.24, 2.45) is 11.1 Å². The molecule has 2 unspecified atom stereocenters. The highest BCUT2D eigenvalue weighted by Crippen LogP contribution is 2.30. The van der Waals surface area contributed by atoms with Gasteiger partial charge in [0, 0.05) is 13.1 Å². The quantitative estimate of drug-likeness (QED) is 0.880. The first-order chi connectivity index (χ1) is 8.56. The molecule has 0 bridgehead atoms. The normalized spacial score (nSPS) is 23.8. The molecular weight excluding hydrogens is 264 g/mol. The molecule has 0 aliphatic carbocycles. The monoisotopic (exact) mass is 284 g/mol. The summed E-state index contributed by atoms with van der Waals surface area (Å²) in [5.41, 5.74) is 6.35. The van der Waals surface area contributed by atoms with E-state index in [-0.39, 0.29) is 23.7 Å². The first-order valence-corrected chi connectivity index (χ1v) is 6.28. The number of hydrogen-bond donors (Lipinski definition) is 2. The summed E-state index contributed by atoms with van der Waals surface area (Å²) in [5.74, 6) is -0.224. The molecule has 0 spiro atoms. The third kappa shape index (κ3) is 3.47. The van der Waals surface area contributed by atoms with Gasteiger partial charge in [0.1, 0.15) is 0 Å². The SMILES string of the molecule is CC1(CN)CCN(C(=O)C(O)c2ccccc2)C1.Cl. The zero-order valence-corrected chi connectivity index (χ0v) is 11.9. The van der Waals surface area contributed by atoms with E-state index in [2.05, 4.69) is 6.92 Å². The molecule has 1 aliphatic rings. The van der Waals surface area contributed by atoms with Gasteiger partial charge in [-0.05, 0) is 23.9 Å². The van der Waals surface area contributed by atoms with Crippen LogP contribution in [0.4, 0.5) is 0 Å². The van der Waals surface area contributed by atoms with Crippen LogP contribution in [-0.4, -0.2) is 35.5 Å². The van der Waals surface area contributed by atoms with Gasteiger partial charge in [0.15, 0.2) is 6.10 Å². The number of aliphatic hydroxyl groups is 1. The minimum atomic E-state index is -1.06. The fraction of sp³-hybridized carbons (Fsp3) is 0.500. The second kappa shape index (κ2) is 6.37. The van der Waals surface area contributed by atoms with Crippen LogP contribution in [0.1, 0.15) is 25.0 Å². The first kappa shape index (κ1) is 16.0. The molecule has 1 aromatic carbocycles. The third-order valence-electron chi connectivity index (χ3n) is 3.71. The zero-order chi connectivity index (χ0) is 13.2. The maximum atomic E-state index is 12.2. The van der Waals surface area contributed by atoms with Crippen molar-refractivity contribution in [2.75, 3.05) is 19.6 Å². The van der Waals surface area contributed by atoms with E-state index in [9.17, 15) is 9.90 Å². The van der Waals surface area contributed by atoms with Gasteiger partial charge >= 0.3 is 0 Å². The molecule has 1 amide bonds. The van der Waals surface area contributed by atoms with E-state index < -0.39 is 6.10 Å². The lowest BCUT2D eigenvalue weighted by Crippen LogP contribution is -2.37. The topological polar surface area (TPSA) is 66.6 Å². The molecular formula is C14H21ClN2O2. The number of rotatable bonds is 3. The van der Waals surface area contributed by atoms with E-state index >= 15 is 0 Å². The van der Waals surface area contributed by atoms with Gasteiger partial charge in [0.2, 0.25) is 0 Å². The third-order valence-corrected chi connectivity index (χ3v) is 3.71. The average molecular weight is 285 g/mol. The van der Waals surface area contributed by atoms with Gasteiger partial charge in [0.25, 0.3) is 5.91 Å². The van der Waals surface area contributed by atoms with Crippen LogP contribution in [0.2, 0.25) is 0 Å². The Kier molecular flexibility index (Phi) is 5.35. The standard InChI is InChI=1S/C14H20N2O2.ClH/c1-14(9-15)7-8-16(10-14)13(18)12(17)11-5-3-2-4-6-11;/h2-6,12,17H,7-10,15H2,1H3;1H. The van der Waals surface area contributed by atoms with E-state index in [0.717, 1.165) is 6.42 Å². The summed E-state index contributed by atoms with van der Waals surface area (Å²) in [6, 6.07) is 9.03. The van der Waals surface area contributed by atoms with Crippen LogP contribution in [0.15, 0.2) is 30.3 Å². The van der Waals surface area contributed by atoms with E-state index in [1.54, 1.807) is 17.0 Å². The molecule has 3 N–H and O–H groups in total. The Morgan fingerprint density at radius 2 is 2.11 bits per heavy atom. The summed E-state index contributed by atoms with van der Waals surface area (Å²) >= 11 is 0. The van der Waals surface area contributed by atoms with Crippen LogP contribution < -0.4 is 5.73 Å². The largest absolute Gasteiger partial charge is 0.378 e. The number of carbonyl (C=O) groups is 1. The molecule has 2 atom stereocenters. The minimum Gasteiger partial charge on any atom is -0.378 e. The highest BCUT2D eigenvalue weighted by molar-refractivity contribution is 5.85. The number of likely N-dealkylation sites (tertiary alicyclic amines) is 1. The van der Waals surface area contributed by atoms with E-state index in [1.807, 2.05) is 18.2 Å². The first-order valence-electron chi connectivity index (χ1n) is 6.28. The van der Waals surface area contributed by atoms with Crippen molar-refractivity contribution in [1.29, 1.82) is 0 Å².